The number of rotatable bonds is 4. The Morgan fingerprint density at radius 2 is 1.34 bits per heavy atom. The van der Waals surface area contributed by atoms with E-state index in [0.717, 1.165) is 52.0 Å². The van der Waals surface area contributed by atoms with Crippen LogP contribution in [0.3, 0.4) is 0 Å². The number of nitrogens with two attached hydrogens (primary N) is 1. The summed E-state index contributed by atoms with van der Waals surface area (Å²) in [6.07, 6.45) is 7.31. The SMILES string of the molecule is NC1(c2ccc(-c3nc4c(-c5ccccc5)cnn4cc3-c3ccccc3)cc2)CCC1. The van der Waals surface area contributed by atoms with Gasteiger partial charge in [-0.15, -0.1) is 0 Å². The quantitative estimate of drug-likeness (QED) is 0.387. The number of nitrogens with zero attached hydrogens (tertiary/aromatic N) is 3. The lowest BCUT2D eigenvalue weighted by Crippen LogP contribution is -2.43. The molecule has 156 valence electrons. The molecule has 0 aliphatic heterocycles. The highest BCUT2D eigenvalue weighted by Crippen LogP contribution is 2.40. The Hall–Kier alpha value is -3.76. The van der Waals surface area contributed by atoms with Gasteiger partial charge in [0.25, 0.3) is 0 Å². The summed E-state index contributed by atoms with van der Waals surface area (Å²) in [4.78, 5) is 5.15. The molecule has 4 heteroatoms. The Kier molecular flexibility index (Phi) is 4.40. The van der Waals surface area contributed by atoms with E-state index >= 15 is 0 Å². The summed E-state index contributed by atoms with van der Waals surface area (Å²) in [6, 6.07) is 29.3. The van der Waals surface area contributed by atoms with E-state index in [1.165, 1.54) is 12.0 Å². The third kappa shape index (κ3) is 3.12. The van der Waals surface area contributed by atoms with Gasteiger partial charge in [0.1, 0.15) is 0 Å². The van der Waals surface area contributed by atoms with Gasteiger partial charge in [0.05, 0.1) is 11.9 Å². The lowest BCUT2D eigenvalue weighted by Gasteiger charge is -2.38. The molecule has 32 heavy (non-hydrogen) atoms. The smallest absolute Gasteiger partial charge is 0.163 e. The molecule has 3 aromatic carbocycles. The number of fused-ring (bicyclic) bond motifs is 1. The minimum absolute atomic E-state index is 0.163. The molecule has 0 unspecified atom stereocenters. The van der Waals surface area contributed by atoms with Crippen molar-refractivity contribution in [2.45, 2.75) is 24.8 Å². The van der Waals surface area contributed by atoms with E-state index in [4.69, 9.17) is 10.7 Å². The molecule has 1 aliphatic carbocycles. The zero-order valence-corrected chi connectivity index (χ0v) is 17.8. The Morgan fingerprint density at radius 3 is 1.94 bits per heavy atom. The van der Waals surface area contributed by atoms with Crippen LogP contribution in [0.25, 0.3) is 39.2 Å². The molecule has 0 spiro atoms. The van der Waals surface area contributed by atoms with Gasteiger partial charge in [0.15, 0.2) is 5.65 Å². The Bertz CT molecular complexity index is 1380. The van der Waals surface area contributed by atoms with Crippen LogP contribution in [0.2, 0.25) is 0 Å². The summed E-state index contributed by atoms with van der Waals surface area (Å²) in [5, 5.41) is 4.62. The Morgan fingerprint density at radius 1 is 0.719 bits per heavy atom. The summed E-state index contributed by atoms with van der Waals surface area (Å²) in [7, 11) is 0. The van der Waals surface area contributed by atoms with Crippen molar-refractivity contribution in [3.63, 3.8) is 0 Å². The second-order valence-corrected chi connectivity index (χ2v) is 8.65. The fraction of sp³-hybridized carbons (Fsp3) is 0.143. The van der Waals surface area contributed by atoms with Gasteiger partial charge < -0.3 is 5.73 Å². The highest BCUT2D eigenvalue weighted by molar-refractivity contribution is 5.85. The summed E-state index contributed by atoms with van der Waals surface area (Å²) < 4.78 is 1.88. The second kappa shape index (κ2) is 7.43. The van der Waals surface area contributed by atoms with Gasteiger partial charge in [0, 0.05) is 28.4 Å². The molecule has 1 fully saturated rings. The van der Waals surface area contributed by atoms with Gasteiger partial charge in [-0.2, -0.15) is 5.10 Å². The normalized spacial score (nSPS) is 14.9. The standard InChI is InChI=1S/C28H24N4/c29-28(16-7-17-28)23-14-12-22(13-15-23)26-25(21-10-5-2-6-11-21)19-32-27(31-26)24(18-30-32)20-8-3-1-4-9-20/h1-6,8-15,18-19H,7,16-17,29H2. The minimum atomic E-state index is -0.163. The first-order valence-corrected chi connectivity index (χ1v) is 11.1. The van der Waals surface area contributed by atoms with E-state index in [-0.39, 0.29) is 5.54 Å². The average Bonchev–Trinajstić information content (AvgIpc) is 3.26. The lowest BCUT2D eigenvalue weighted by atomic mass is 9.72. The molecule has 5 aromatic rings. The van der Waals surface area contributed by atoms with Crippen LogP contribution >= 0.6 is 0 Å². The molecule has 2 aromatic heterocycles. The van der Waals surface area contributed by atoms with Crippen molar-refractivity contribution < 1.29 is 0 Å². The number of benzene rings is 3. The number of hydrogen-bond donors (Lipinski definition) is 1. The van der Waals surface area contributed by atoms with Crippen LogP contribution in [0, 0.1) is 0 Å². The molecule has 0 atom stereocenters. The van der Waals surface area contributed by atoms with Crippen molar-refractivity contribution >= 4 is 5.65 Å². The van der Waals surface area contributed by atoms with Crippen molar-refractivity contribution in [2.75, 3.05) is 0 Å². The highest BCUT2D eigenvalue weighted by Gasteiger charge is 2.34. The van der Waals surface area contributed by atoms with E-state index in [1.807, 2.05) is 35.0 Å². The van der Waals surface area contributed by atoms with Gasteiger partial charge in [-0.25, -0.2) is 9.50 Å². The maximum atomic E-state index is 6.55. The fourth-order valence-electron chi connectivity index (χ4n) is 4.59. The van der Waals surface area contributed by atoms with Gasteiger partial charge in [-0.3, -0.25) is 0 Å². The van der Waals surface area contributed by atoms with Crippen LogP contribution in [0.4, 0.5) is 0 Å². The Labute approximate surface area is 187 Å². The molecule has 1 aliphatic rings. The third-order valence-corrected chi connectivity index (χ3v) is 6.64. The predicted octanol–water partition coefficient (Wildman–Crippen LogP) is 6.07. The highest BCUT2D eigenvalue weighted by atomic mass is 15.2. The van der Waals surface area contributed by atoms with Crippen LogP contribution in [-0.2, 0) is 5.54 Å². The summed E-state index contributed by atoms with van der Waals surface area (Å²) >= 11 is 0. The zero-order valence-electron chi connectivity index (χ0n) is 17.8. The van der Waals surface area contributed by atoms with E-state index in [0.29, 0.717) is 0 Å². The molecule has 6 rings (SSSR count). The van der Waals surface area contributed by atoms with E-state index in [2.05, 4.69) is 72.0 Å². The Balaban J connectivity index is 1.54. The average molecular weight is 417 g/mol. The third-order valence-electron chi connectivity index (χ3n) is 6.64. The van der Waals surface area contributed by atoms with Crippen molar-refractivity contribution in [3.8, 4) is 33.5 Å². The van der Waals surface area contributed by atoms with Crippen LogP contribution in [0.5, 0.6) is 0 Å². The first-order valence-electron chi connectivity index (χ1n) is 11.1. The van der Waals surface area contributed by atoms with Crippen LogP contribution in [0.15, 0.2) is 97.3 Å². The first-order chi connectivity index (χ1) is 15.7. The molecule has 4 nitrogen and oxygen atoms in total. The fourth-order valence-corrected chi connectivity index (χ4v) is 4.59. The molecule has 1 saturated carbocycles. The molecule has 2 heterocycles. The molecule has 0 radical (unpaired) electrons. The monoisotopic (exact) mass is 416 g/mol. The van der Waals surface area contributed by atoms with Crippen LogP contribution in [-0.4, -0.2) is 14.6 Å². The van der Waals surface area contributed by atoms with Gasteiger partial charge in [-0.1, -0.05) is 84.9 Å². The van der Waals surface area contributed by atoms with E-state index in [9.17, 15) is 0 Å². The molecular weight excluding hydrogens is 392 g/mol. The first kappa shape index (κ1) is 19.0. The van der Waals surface area contributed by atoms with Gasteiger partial charge >= 0.3 is 0 Å². The van der Waals surface area contributed by atoms with E-state index in [1.54, 1.807) is 0 Å². The van der Waals surface area contributed by atoms with Crippen molar-refractivity contribution in [3.05, 3.63) is 103 Å². The topological polar surface area (TPSA) is 56.2 Å². The maximum Gasteiger partial charge on any atom is 0.163 e. The zero-order chi connectivity index (χ0) is 21.5. The lowest BCUT2D eigenvalue weighted by molar-refractivity contribution is 0.253. The van der Waals surface area contributed by atoms with E-state index < -0.39 is 0 Å². The summed E-state index contributed by atoms with van der Waals surface area (Å²) in [5.41, 5.74) is 14.8. The number of aromatic nitrogens is 3. The molecule has 0 bridgehead atoms. The summed E-state index contributed by atoms with van der Waals surface area (Å²) in [6.45, 7) is 0. The second-order valence-electron chi connectivity index (χ2n) is 8.65. The van der Waals surface area contributed by atoms with Crippen molar-refractivity contribution in [1.29, 1.82) is 0 Å². The largest absolute Gasteiger partial charge is 0.321 e. The van der Waals surface area contributed by atoms with Crippen LogP contribution < -0.4 is 5.73 Å². The van der Waals surface area contributed by atoms with Crippen molar-refractivity contribution in [2.24, 2.45) is 5.73 Å². The molecule has 0 saturated heterocycles. The summed E-state index contributed by atoms with van der Waals surface area (Å²) in [5.74, 6) is 0. The minimum Gasteiger partial charge on any atom is -0.321 e. The van der Waals surface area contributed by atoms with Gasteiger partial charge in [-0.05, 0) is 36.0 Å². The molecule has 0 amide bonds. The van der Waals surface area contributed by atoms with Gasteiger partial charge in [0.2, 0.25) is 0 Å². The van der Waals surface area contributed by atoms with Crippen LogP contribution in [0.1, 0.15) is 24.8 Å². The van der Waals surface area contributed by atoms with Crippen molar-refractivity contribution in [1.82, 2.24) is 14.6 Å². The molecular formula is C28H24N4. The predicted molar refractivity (Wildman–Crippen MR) is 129 cm³/mol. The number of hydrogen-bond acceptors (Lipinski definition) is 3. The maximum absolute atomic E-state index is 6.55. The molecule has 2 N–H and O–H groups in total.